The molecule has 0 fully saturated rings. The molecule has 0 bridgehead atoms. The third-order valence-corrected chi connectivity index (χ3v) is 4.33. The number of nitrogens with zero attached hydrogens (tertiary/aromatic N) is 2. The van der Waals surface area contributed by atoms with Crippen LogP contribution in [0.5, 0.6) is 0 Å². The fourth-order valence-electron chi connectivity index (χ4n) is 3.04. The first-order valence-corrected chi connectivity index (χ1v) is 8.54. The lowest BCUT2D eigenvalue weighted by Crippen LogP contribution is -2.33. The van der Waals surface area contributed by atoms with Gasteiger partial charge >= 0.3 is 0 Å². The highest BCUT2D eigenvalue weighted by Crippen LogP contribution is 2.37. The number of carbonyl (C=O) groups excluding carboxylic acids is 2. The van der Waals surface area contributed by atoms with E-state index in [1.54, 1.807) is 30.6 Å². The molecule has 6 nitrogen and oxygen atoms in total. The number of allylic oxidation sites excluding steroid dienone is 1. The summed E-state index contributed by atoms with van der Waals surface area (Å²) < 4.78 is 5.06. The molecule has 2 heterocycles. The zero-order chi connectivity index (χ0) is 19.2. The summed E-state index contributed by atoms with van der Waals surface area (Å²) in [5.74, 6) is -1.53. The van der Waals surface area contributed by atoms with Gasteiger partial charge in [-0.3, -0.25) is 14.6 Å². The first-order chi connectivity index (χ1) is 13.1. The Labute approximate surface area is 157 Å². The van der Waals surface area contributed by atoms with Crippen molar-refractivity contribution in [3.63, 3.8) is 0 Å². The Morgan fingerprint density at radius 3 is 2.70 bits per heavy atom. The van der Waals surface area contributed by atoms with Crippen LogP contribution in [0.4, 0.5) is 0 Å². The predicted octanol–water partition coefficient (Wildman–Crippen LogP) is 2.71. The molecule has 1 aromatic heterocycles. The van der Waals surface area contributed by atoms with E-state index in [9.17, 15) is 14.7 Å². The summed E-state index contributed by atoms with van der Waals surface area (Å²) in [7, 11) is 1.53. The van der Waals surface area contributed by atoms with Crippen molar-refractivity contribution in [1.29, 1.82) is 0 Å². The molecule has 0 saturated carbocycles. The van der Waals surface area contributed by atoms with Crippen molar-refractivity contribution in [1.82, 2.24) is 9.88 Å². The number of hydrogen-bond donors (Lipinski definition) is 1. The Balaban J connectivity index is 1.95. The van der Waals surface area contributed by atoms with Gasteiger partial charge in [0.1, 0.15) is 0 Å². The molecule has 1 aromatic carbocycles. The number of aliphatic hydroxyl groups excluding tert-OH is 1. The van der Waals surface area contributed by atoms with Crippen LogP contribution in [0.1, 0.15) is 17.2 Å². The molecule has 0 radical (unpaired) electrons. The number of ketones is 1. The predicted molar refractivity (Wildman–Crippen MR) is 101 cm³/mol. The minimum Gasteiger partial charge on any atom is -0.503 e. The van der Waals surface area contributed by atoms with Crippen LogP contribution in [0.3, 0.4) is 0 Å². The minimum atomic E-state index is -0.700. The molecule has 0 aliphatic carbocycles. The zero-order valence-electron chi connectivity index (χ0n) is 14.9. The summed E-state index contributed by atoms with van der Waals surface area (Å²) in [5.41, 5.74) is 1.56. The SMILES string of the molecule is COCCN1C(=O)C(O)=C(C(=O)/C=C/c2ccccc2)[C@H]1c1cccnc1. The van der Waals surface area contributed by atoms with E-state index in [4.69, 9.17) is 4.74 Å². The number of rotatable bonds is 7. The van der Waals surface area contributed by atoms with E-state index in [1.807, 2.05) is 30.3 Å². The second kappa shape index (κ2) is 8.42. The average Bonchev–Trinajstić information content (AvgIpc) is 2.96. The van der Waals surface area contributed by atoms with Crippen molar-refractivity contribution in [2.45, 2.75) is 6.04 Å². The smallest absolute Gasteiger partial charge is 0.290 e. The van der Waals surface area contributed by atoms with Gasteiger partial charge in [-0.15, -0.1) is 0 Å². The van der Waals surface area contributed by atoms with Crippen molar-refractivity contribution in [2.75, 3.05) is 20.3 Å². The Morgan fingerprint density at radius 2 is 2.04 bits per heavy atom. The highest BCUT2D eigenvalue weighted by Gasteiger charge is 2.42. The number of methoxy groups -OCH3 is 1. The molecule has 0 saturated heterocycles. The molecule has 2 aromatic rings. The van der Waals surface area contributed by atoms with E-state index in [0.29, 0.717) is 5.56 Å². The van der Waals surface area contributed by atoms with Gasteiger partial charge in [0.05, 0.1) is 18.2 Å². The molecule has 3 rings (SSSR count). The maximum Gasteiger partial charge on any atom is 0.290 e. The molecule has 6 heteroatoms. The van der Waals surface area contributed by atoms with E-state index >= 15 is 0 Å². The molecule has 1 aliphatic heterocycles. The first kappa shape index (κ1) is 18.5. The molecule has 27 heavy (non-hydrogen) atoms. The zero-order valence-corrected chi connectivity index (χ0v) is 14.9. The number of amides is 1. The Bertz CT molecular complexity index is 876. The maximum absolute atomic E-state index is 12.8. The summed E-state index contributed by atoms with van der Waals surface area (Å²) >= 11 is 0. The Hall–Kier alpha value is -3.25. The summed E-state index contributed by atoms with van der Waals surface area (Å²) in [6.45, 7) is 0.537. The van der Waals surface area contributed by atoms with Crippen molar-refractivity contribution in [3.8, 4) is 0 Å². The molecule has 0 spiro atoms. The van der Waals surface area contributed by atoms with Gasteiger partial charge in [0.25, 0.3) is 5.91 Å². The lowest BCUT2D eigenvalue weighted by molar-refractivity contribution is -0.130. The van der Waals surface area contributed by atoms with Crippen LogP contribution in [-0.4, -0.2) is 46.9 Å². The Morgan fingerprint density at radius 1 is 1.26 bits per heavy atom. The van der Waals surface area contributed by atoms with Crippen molar-refractivity contribution < 1.29 is 19.4 Å². The fraction of sp³-hybridized carbons (Fsp3) is 0.190. The molecule has 1 aliphatic rings. The van der Waals surface area contributed by atoms with Crippen LogP contribution in [0.2, 0.25) is 0 Å². The number of aliphatic hydroxyl groups is 1. The van der Waals surface area contributed by atoms with Crippen LogP contribution in [-0.2, 0) is 14.3 Å². The van der Waals surface area contributed by atoms with Gasteiger partial charge in [0.15, 0.2) is 11.5 Å². The van der Waals surface area contributed by atoms with Crippen LogP contribution in [0.15, 0.2) is 72.3 Å². The van der Waals surface area contributed by atoms with Crippen LogP contribution < -0.4 is 0 Å². The third kappa shape index (κ3) is 3.96. The molecule has 1 N–H and O–H groups in total. The van der Waals surface area contributed by atoms with Gasteiger partial charge in [-0.1, -0.05) is 42.5 Å². The highest BCUT2D eigenvalue weighted by atomic mass is 16.5. The van der Waals surface area contributed by atoms with Crippen LogP contribution in [0.25, 0.3) is 6.08 Å². The van der Waals surface area contributed by atoms with E-state index in [0.717, 1.165) is 5.56 Å². The normalized spacial score (nSPS) is 17.1. The average molecular weight is 364 g/mol. The minimum absolute atomic E-state index is 0.0521. The summed E-state index contributed by atoms with van der Waals surface area (Å²) in [6.07, 6.45) is 6.23. The quantitative estimate of drug-likeness (QED) is 0.764. The van der Waals surface area contributed by atoms with Crippen molar-refractivity contribution in [2.24, 2.45) is 0 Å². The number of aromatic nitrogens is 1. The first-order valence-electron chi connectivity index (χ1n) is 8.54. The van der Waals surface area contributed by atoms with E-state index < -0.39 is 23.5 Å². The highest BCUT2D eigenvalue weighted by molar-refractivity contribution is 6.14. The van der Waals surface area contributed by atoms with Crippen LogP contribution in [0, 0.1) is 0 Å². The topological polar surface area (TPSA) is 79.7 Å². The van der Waals surface area contributed by atoms with Gasteiger partial charge in [0.2, 0.25) is 0 Å². The Kier molecular flexibility index (Phi) is 5.78. The van der Waals surface area contributed by atoms with Crippen LogP contribution >= 0.6 is 0 Å². The lowest BCUT2D eigenvalue weighted by atomic mass is 9.97. The number of hydrogen-bond acceptors (Lipinski definition) is 5. The largest absolute Gasteiger partial charge is 0.503 e. The van der Waals surface area contributed by atoms with E-state index in [1.165, 1.54) is 18.1 Å². The summed E-state index contributed by atoms with van der Waals surface area (Å²) in [5, 5.41) is 10.4. The van der Waals surface area contributed by atoms with Gasteiger partial charge in [-0.25, -0.2) is 0 Å². The number of carbonyl (C=O) groups is 2. The number of benzene rings is 1. The van der Waals surface area contributed by atoms with E-state index in [2.05, 4.69) is 4.98 Å². The lowest BCUT2D eigenvalue weighted by Gasteiger charge is -2.25. The number of pyridine rings is 1. The van der Waals surface area contributed by atoms with E-state index in [-0.39, 0.29) is 18.7 Å². The van der Waals surface area contributed by atoms with Gasteiger partial charge in [0, 0.05) is 26.0 Å². The third-order valence-electron chi connectivity index (χ3n) is 4.33. The summed E-state index contributed by atoms with van der Waals surface area (Å²) in [4.78, 5) is 30.9. The second-order valence-corrected chi connectivity index (χ2v) is 6.05. The molecular formula is C21H20N2O4. The van der Waals surface area contributed by atoms with Gasteiger partial charge in [-0.2, -0.15) is 0 Å². The monoisotopic (exact) mass is 364 g/mol. The molecule has 1 atom stereocenters. The van der Waals surface area contributed by atoms with Gasteiger partial charge in [-0.05, 0) is 23.3 Å². The number of ether oxygens (including phenoxy) is 1. The maximum atomic E-state index is 12.8. The summed E-state index contributed by atoms with van der Waals surface area (Å²) in [6, 6.07) is 12.1. The standard InChI is InChI=1S/C21H20N2O4/c1-27-13-12-23-19(16-8-5-11-22-14-16)18(20(25)21(23)26)17(24)10-9-15-6-3-2-4-7-15/h2-11,14,19,25H,12-13H2,1H3/b10-9+/t19-/m1/s1. The van der Waals surface area contributed by atoms with Crippen molar-refractivity contribution in [3.05, 3.63) is 83.4 Å². The van der Waals surface area contributed by atoms with Crippen molar-refractivity contribution >= 4 is 17.8 Å². The molecular weight excluding hydrogens is 344 g/mol. The molecule has 0 unspecified atom stereocenters. The molecule has 138 valence electrons. The molecule has 1 amide bonds. The second-order valence-electron chi connectivity index (χ2n) is 6.05. The fourth-order valence-corrected chi connectivity index (χ4v) is 3.04. The van der Waals surface area contributed by atoms with Gasteiger partial charge < -0.3 is 14.7 Å².